The van der Waals surface area contributed by atoms with Crippen molar-refractivity contribution in [2.45, 2.75) is 19.9 Å². The summed E-state index contributed by atoms with van der Waals surface area (Å²) in [5.74, 6) is -0.489. The summed E-state index contributed by atoms with van der Waals surface area (Å²) in [7, 11) is 0. The number of aromatic nitrogens is 1. The maximum Gasteiger partial charge on any atom is 0.261 e. The quantitative estimate of drug-likeness (QED) is 0.795. The molecule has 0 aliphatic rings. The van der Waals surface area contributed by atoms with Crippen LogP contribution in [0.5, 0.6) is 0 Å². The molecule has 1 aromatic heterocycles. The number of aryl methyl sites for hydroxylation is 2. The molecule has 1 amide bonds. The lowest BCUT2D eigenvalue weighted by atomic mass is 10.1. The third kappa shape index (κ3) is 3.38. The molecule has 0 bridgehead atoms. The van der Waals surface area contributed by atoms with Gasteiger partial charge >= 0.3 is 0 Å². The first kappa shape index (κ1) is 15.0. The van der Waals surface area contributed by atoms with Crippen LogP contribution in [0.3, 0.4) is 0 Å². The minimum atomic E-state index is -0.543. The Bertz CT molecular complexity index is 692. The SMILES string of the molecule is Cc1cc(C)c(C(=O)N[C@H](CO)c2ccccc2)c(=O)[nH]1. The average molecular weight is 286 g/mol. The van der Waals surface area contributed by atoms with Crippen LogP contribution in [0.15, 0.2) is 41.2 Å². The van der Waals surface area contributed by atoms with Gasteiger partial charge < -0.3 is 15.4 Å². The summed E-state index contributed by atoms with van der Waals surface area (Å²) >= 11 is 0. The van der Waals surface area contributed by atoms with Gasteiger partial charge in [-0.2, -0.15) is 0 Å². The summed E-state index contributed by atoms with van der Waals surface area (Å²) in [6.07, 6.45) is 0. The molecule has 0 saturated carbocycles. The highest BCUT2D eigenvalue weighted by Crippen LogP contribution is 2.13. The van der Waals surface area contributed by atoms with Gasteiger partial charge in [-0.1, -0.05) is 30.3 Å². The Morgan fingerprint density at radius 1 is 1.29 bits per heavy atom. The zero-order chi connectivity index (χ0) is 15.4. The maximum absolute atomic E-state index is 12.3. The van der Waals surface area contributed by atoms with Crippen LogP contribution in [-0.2, 0) is 0 Å². The number of benzene rings is 1. The number of aliphatic hydroxyl groups excluding tert-OH is 1. The molecule has 3 N–H and O–H groups in total. The lowest BCUT2D eigenvalue weighted by molar-refractivity contribution is 0.0914. The number of aliphatic hydroxyl groups is 1. The lowest BCUT2D eigenvalue weighted by Gasteiger charge is -2.17. The zero-order valence-corrected chi connectivity index (χ0v) is 12.0. The van der Waals surface area contributed by atoms with Crippen molar-refractivity contribution in [2.75, 3.05) is 6.61 Å². The number of nitrogens with one attached hydrogen (secondary N) is 2. The minimum absolute atomic E-state index is 0.0787. The van der Waals surface area contributed by atoms with Gasteiger partial charge in [-0.25, -0.2) is 0 Å². The fourth-order valence-corrected chi connectivity index (χ4v) is 2.29. The normalized spacial score (nSPS) is 12.0. The first-order valence-corrected chi connectivity index (χ1v) is 6.70. The second-order valence-electron chi connectivity index (χ2n) is 4.96. The van der Waals surface area contributed by atoms with Gasteiger partial charge in [0.25, 0.3) is 11.5 Å². The minimum Gasteiger partial charge on any atom is -0.394 e. The fraction of sp³-hybridized carbons (Fsp3) is 0.250. The molecule has 0 radical (unpaired) electrons. The van der Waals surface area contributed by atoms with Crippen LogP contribution in [0.1, 0.15) is 33.2 Å². The summed E-state index contributed by atoms with van der Waals surface area (Å²) in [5.41, 5.74) is 1.76. The molecule has 0 aliphatic carbocycles. The van der Waals surface area contributed by atoms with Gasteiger partial charge in [0.05, 0.1) is 12.6 Å². The number of pyridine rings is 1. The summed E-state index contributed by atoms with van der Waals surface area (Å²) in [6.45, 7) is 3.24. The van der Waals surface area contributed by atoms with Gasteiger partial charge in [0, 0.05) is 5.69 Å². The smallest absolute Gasteiger partial charge is 0.261 e. The number of hydrogen-bond acceptors (Lipinski definition) is 3. The Kier molecular flexibility index (Phi) is 4.55. The molecule has 1 atom stereocenters. The van der Waals surface area contributed by atoms with E-state index >= 15 is 0 Å². The average Bonchev–Trinajstić information content (AvgIpc) is 2.44. The third-order valence-electron chi connectivity index (χ3n) is 3.28. The number of H-pyrrole nitrogens is 1. The second kappa shape index (κ2) is 6.37. The Labute approximate surface area is 122 Å². The van der Waals surface area contributed by atoms with Gasteiger partial charge in [0.1, 0.15) is 5.56 Å². The summed E-state index contributed by atoms with van der Waals surface area (Å²) < 4.78 is 0. The largest absolute Gasteiger partial charge is 0.394 e. The molecule has 0 fully saturated rings. The van der Waals surface area contributed by atoms with E-state index in [1.54, 1.807) is 19.9 Å². The molecular formula is C16H18N2O3. The number of rotatable bonds is 4. The first-order chi connectivity index (χ1) is 10.0. The summed E-state index contributed by atoms with van der Waals surface area (Å²) in [6, 6.07) is 10.3. The molecule has 2 aromatic rings. The van der Waals surface area contributed by atoms with Crippen molar-refractivity contribution in [1.82, 2.24) is 10.3 Å². The number of hydrogen-bond donors (Lipinski definition) is 3. The van der Waals surface area contributed by atoms with E-state index < -0.39 is 17.5 Å². The van der Waals surface area contributed by atoms with Crippen molar-refractivity contribution in [3.8, 4) is 0 Å². The predicted molar refractivity (Wildman–Crippen MR) is 80.3 cm³/mol. The van der Waals surface area contributed by atoms with E-state index in [-0.39, 0.29) is 12.2 Å². The monoisotopic (exact) mass is 286 g/mol. The number of aromatic amines is 1. The second-order valence-corrected chi connectivity index (χ2v) is 4.96. The van der Waals surface area contributed by atoms with Gasteiger partial charge in [0.2, 0.25) is 0 Å². The summed E-state index contributed by atoms with van der Waals surface area (Å²) in [4.78, 5) is 26.8. The van der Waals surface area contributed by atoms with Gasteiger partial charge in [-0.3, -0.25) is 9.59 Å². The van der Waals surface area contributed by atoms with Crippen molar-refractivity contribution < 1.29 is 9.90 Å². The van der Waals surface area contributed by atoms with Crippen LogP contribution in [0.2, 0.25) is 0 Å². The van der Waals surface area contributed by atoms with Crippen LogP contribution < -0.4 is 10.9 Å². The number of amides is 1. The van der Waals surface area contributed by atoms with E-state index in [1.165, 1.54) is 0 Å². The molecule has 5 nitrogen and oxygen atoms in total. The molecule has 21 heavy (non-hydrogen) atoms. The molecule has 110 valence electrons. The standard InChI is InChI=1S/C16H18N2O3/c1-10-8-11(2)17-15(20)14(10)16(21)18-13(9-19)12-6-4-3-5-7-12/h3-8,13,19H,9H2,1-2H3,(H,17,20)(H,18,21)/t13-/m1/s1. The fourth-order valence-electron chi connectivity index (χ4n) is 2.29. The molecule has 0 aliphatic heterocycles. The molecule has 1 aromatic carbocycles. The molecule has 0 saturated heterocycles. The Morgan fingerprint density at radius 3 is 2.52 bits per heavy atom. The Morgan fingerprint density at radius 2 is 1.95 bits per heavy atom. The van der Waals surface area contributed by atoms with Crippen molar-refractivity contribution in [3.05, 3.63) is 69.1 Å². The Balaban J connectivity index is 2.27. The lowest BCUT2D eigenvalue weighted by Crippen LogP contribution is -2.35. The van der Waals surface area contributed by atoms with E-state index in [9.17, 15) is 14.7 Å². The zero-order valence-electron chi connectivity index (χ0n) is 12.0. The number of carbonyl (C=O) groups is 1. The van der Waals surface area contributed by atoms with E-state index in [4.69, 9.17) is 0 Å². The van der Waals surface area contributed by atoms with Gasteiger partial charge in [0.15, 0.2) is 0 Å². The van der Waals surface area contributed by atoms with E-state index in [0.29, 0.717) is 11.3 Å². The van der Waals surface area contributed by atoms with E-state index in [1.807, 2.05) is 30.3 Å². The third-order valence-corrected chi connectivity index (χ3v) is 3.28. The van der Waals surface area contributed by atoms with Gasteiger partial charge in [-0.15, -0.1) is 0 Å². The van der Waals surface area contributed by atoms with E-state index in [2.05, 4.69) is 10.3 Å². The van der Waals surface area contributed by atoms with Crippen LogP contribution in [-0.4, -0.2) is 22.6 Å². The molecule has 2 rings (SSSR count). The van der Waals surface area contributed by atoms with Crippen molar-refractivity contribution in [2.24, 2.45) is 0 Å². The molecule has 1 heterocycles. The summed E-state index contributed by atoms with van der Waals surface area (Å²) in [5, 5.41) is 12.1. The van der Waals surface area contributed by atoms with Crippen LogP contribution in [0, 0.1) is 13.8 Å². The van der Waals surface area contributed by atoms with Crippen molar-refractivity contribution >= 4 is 5.91 Å². The van der Waals surface area contributed by atoms with E-state index in [0.717, 1.165) is 5.56 Å². The van der Waals surface area contributed by atoms with Crippen LogP contribution in [0.4, 0.5) is 0 Å². The van der Waals surface area contributed by atoms with Crippen molar-refractivity contribution in [3.63, 3.8) is 0 Å². The first-order valence-electron chi connectivity index (χ1n) is 6.70. The maximum atomic E-state index is 12.3. The topological polar surface area (TPSA) is 82.2 Å². The highest BCUT2D eigenvalue weighted by atomic mass is 16.3. The Hall–Kier alpha value is -2.40. The van der Waals surface area contributed by atoms with Gasteiger partial charge in [-0.05, 0) is 31.0 Å². The molecular weight excluding hydrogens is 268 g/mol. The van der Waals surface area contributed by atoms with Crippen LogP contribution in [0.25, 0.3) is 0 Å². The number of carbonyl (C=O) groups excluding carboxylic acids is 1. The molecule has 0 spiro atoms. The molecule has 5 heteroatoms. The highest BCUT2D eigenvalue weighted by molar-refractivity contribution is 5.95. The molecule has 0 unspecified atom stereocenters. The van der Waals surface area contributed by atoms with Crippen molar-refractivity contribution in [1.29, 1.82) is 0 Å². The van der Waals surface area contributed by atoms with Crippen LogP contribution >= 0.6 is 0 Å². The predicted octanol–water partition coefficient (Wildman–Crippen LogP) is 1.46. The highest BCUT2D eigenvalue weighted by Gasteiger charge is 2.19.